The molecule has 0 aromatic heterocycles. The van der Waals surface area contributed by atoms with Crippen molar-refractivity contribution in [3.05, 3.63) is 0 Å². The second-order valence-electron chi connectivity index (χ2n) is 4.96. The summed E-state index contributed by atoms with van der Waals surface area (Å²) in [4.78, 5) is 22.9. The van der Waals surface area contributed by atoms with Crippen molar-refractivity contribution < 1.29 is 24.5 Å². The molecule has 7 heteroatoms. The first-order valence-corrected chi connectivity index (χ1v) is 6.17. The van der Waals surface area contributed by atoms with Gasteiger partial charge in [-0.15, -0.1) is 0 Å². The molecule has 0 aromatic rings. The first-order chi connectivity index (χ1) is 8.85. The summed E-state index contributed by atoms with van der Waals surface area (Å²) >= 11 is 0. The minimum Gasteiger partial charge on any atom is -0.396 e. The second-order valence-corrected chi connectivity index (χ2v) is 4.96. The predicted molar refractivity (Wildman–Crippen MR) is 69.4 cm³/mol. The van der Waals surface area contributed by atoms with Crippen LogP contribution in [-0.4, -0.2) is 61.5 Å². The summed E-state index contributed by atoms with van der Waals surface area (Å²) in [5.41, 5.74) is -0.945. The number of aliphatic hydroxyl groups excluding tert-OH is 2. The van der Waals surface area contributed by atoms with Gasteiger partial charge in [0.1, 0.15) is 6.10 Å². The second kappa shape index (κ2) is 8.84. The lowest BCUT2D eigenvalue weighted by Crippen LogP contribution is -2.48. The van der Waals surface area contributed by atoms with Gasteiger partial charge in [0, 0.05) is 25.7 Å². The lowest BCUT2D eigenvalue weighted by atomic mass is 9.87. The van der Waals surface area contributed by atoms with Crippen molar-refractivity contribution in [3.8, 4) is 0 Å². The number of carbonyl (C=O) groups excluding carboxylic acids is 2. The van der Waals surface area contributed by atoms with Gasteiger partial charge in [-0.1, -0.05) is 13.8 Å². The molecular weight excluding hydrogens is 252 g/mol. The zero-order chi connectivity index (χ0) is 14.9. The van der Waals surface area contributed by atoms with Crippen LogP contribution in [0.5, 0.6) is 0 Å². The number of ether oxygens (including phenoxy) is 1. The van der Waals surface area contributed by atoms with Crippen LogP contribution in [0.25, 0.3) is 0 Å². The number of amides is 2. The van der Waals surface area contributed by atoms with E-state index in [0.29, 0.717) is 19.6 Å². The number of aliphatic hydroxyl groups is 2. The third kappa shape index (κ3) is 7.09. The zero-order valence-corrected chi connectivity index (χ0v) is 11.7. The SMILES string of the molecule is COCCCNC(=O)CNC(=O)[C@H](O)C(C)(C)CO. The smallest absolute Gasteiger partial charge is 0.249 e. The monoisotopic (exact) mass is 276 g/mol. The van der Waals surface area contributed by atoms with Gasteiger partial charge in [-0.3, -0.25) is 9.59 Å². The normalized spacial score (nSPS) is 12.9. The maximum absolute atomic E-state index is 11.6. The van der Waals surface area contributed by atoms with Crippen LogP contribution in [0.3, 0.4) is 0 Å². The molecule has 0 unspecified atom stereocenters. The van der Waals surface area contributed by atoms with Gasteiger partial charge in [0.05, 0.1) is 13.2 Å². The van der Waals surface area contributed by atoms with Crippen LogP contribution >= 0.6 is 0 Å². The Morgan fingerprint density at radius 1 is 1.32 bits per heavy atom. The van der Waals surface area contributed by atoms with Crippen molar-refractivity contribution in [2.75, 3.05) is 33.4 Å². The van der Waals surface area contributed by atoms with Gasteiger partial charge in [0.2, 0.25) is 11.8 Å². The maximum atomic E-state index is 11.6. The summed E-state index contributed by atoms with van der Waals surface area (Å²) in [6.07, 6.45) is -0.671. The van der Waals surface area contributed by atoms with Gasteiger partial charge in [-0.25, -0.2) is 0 Å². The fourth-order valence-electron chi connectivity index (χ4n) is 1.21. The van der Waals surface area contributed by atoms with Gasteiger partial charge in [0.25, 0.3) is 0 Å². The van der Waals surface area contributed by atoms with Crippen molar-refractivity contribution in [1.29, 1.82) is 0 Å². The van der Waals surface area contributed by atoms with E-state index in [1.165, 1.54) is 0 Å². The Morgan fingerprint density at radius 2 is 1.95 bits per heavy atom. The standard InChI is InChI=1S/C12H24N2O5/c1-12(2,8-15)10(17)11(18)14-7-9(16)13-5-4-6-19-3/h10,15,17H,4-8H2,1-3H3,(H,13,16)(H,14,18)/t10-/m0/s1. The lowest BCUT2D eigenvalue weighted by Gasteiger charge is -2.26. The van der Waals surface area contributed by atoms with Crippen LogP contribution in [0.1, 0.15) is 20.3 Å². The van der Waals surface area contributed by atoms with Crippen molar-refractivity contribution in [3.63, 3.8) is 0 Å². The van der Waals surface area contributed by atoms with Crippen molar-refractivity contribution in [2.24, 2.45) is 5.41 Å². The quantitative estimate of drug-likeness (QED) is 0.389. The van der Waals surface area contributed by atoms with E-state index in [1.807, 2.05) is 0 Å². The summed E-state index contributed by atoms with van der Waals surface area (Å²) in [6, 6.07) is 0. The molecule has 1 atom stereocenters. The van der Waals surface area contributed by atoms with Crippen molar-refractivity contribution in [1.82, 2.24) is 10.6 Å². The Kier molecular flexibility index (Phi) is 8.29. The Morgan fingerprint density at radius 3 is 2.47 bits per heavy atom. The molecule has 4 N–H and O–H groups in total. The third-order valence-corrected chi connectivity index (χ3v) is 2.67. The molecule has 0 aromatic carbocycles. The molecule has 0 rings (SSSR count). The Bertz CT molecular complexity index is 294. The molecule has 0 saturated heterocycles. The van der Waals surface area contributed by atoms with Gasteiger partial charge in [0.15, 0.2) is 0 Å². The topological polar surface area (TPSA) is 108 Å². The van der Waals surface area contributed by atoms with Crippen LogP contribution in [0, 0.1) is 5.41 Å². The number of rotatable bonds is 9. The molecule has 0 spiro atoms. The van der Waals surface area contributed by atoms with E-state index in [0.717, 1.165) is 0 Å². The Hall–Kier alpha value is -1.18. The van der Waals surface area contributed by atoms with Crippen molar-refractivity contribution >= 4 is 11.8 Å². The molecular formula is C12H24N2O5. The molecule has 0 aliphatic heterocycles. The van der Waals surface area contributed by atoms with E-state index in [-0.39, 0.29) is 19.1 Å². The predicted octanol–water partition coefficient (Wildman–Crippen LogP) is -1.37. The third-order valence-electron chi connectivity index (χ3n) is 2.67. The van der Waals surface area contributed by atoms with Crippen molar-refractivity contribution in [2.45, 2.75) is 26.4 Å². The van der Waals surface area contributed by atoms with Gasteiger partial charge in [-0.2, -0.15) is 0 Å². The molecule has 0 bridgehead atoms. The van der Waals surface area contributed by atoms with Gasteiger partial charge < -0.3 is 25.6 Å². The minimum absolute atomic E-state index is 0.204. The van der Waals surface area contributed by atoms with Crippen LogP contribution in [0.4, 0.5) is 0 Å². The van der Waals surface area contributed by atoms with E-state index in [2.05, 4.69) is 10.6 Å². The lowest BCUT2D eigenvalue weighted by molar-refractivity contribution is -0.138. The number of hydrogen-bond donors (Lipinski definition) is 4. The van der Waals surface area contributed by atoms with Crippen LogP contribution in [0.15, 0.2) is 0 Å². The van der Waals surface area contributed by atoms with Crippen LogP contribution < -0.4 is 10.6 Å². The number of methoxy groups -OCH3 is 1. The molecule has 7 nitrogen and oxygen atoms in total. The average Bonchev–Trinajstić information content (AvgIpc) is 2.40. The summed E-state index contributed by atoms with van der Waals surface area (Å²) in [5, 5.41) is 23.6. The number of carbonyl (C=O) groups is 2. The molecule has 0 radical (unpaired) electrons. The average molecular weight is 276 g/mol. The minimum atomic E-state index is -1.36. The Labute approximate surface area is 113 Å². The summed E-state index contributed by atoms with van der Waals surface area (Å²) in [6.45, 7) is 3.60. The zero-order valence-electron chi connectivity index (χ0n) is 11.7. The highest BCUT2D eigenvalue weighted by Gasteiger charge is 2.32. The molecule has 0 saturated carbocycles. The fourth-order valence-corrected chi connectivity index (χ4v) is 1.21. The first-order valence-electron chi connectivity index (χ1n) is 6.17. The Balaban J connectivity index is 3.93. The van der Waals surface area contributed by atoms with Crippen LogP contribution in [0.2, 0.25) is 0 Å². The van der Waals surface area contributed by atoms with Crippen LogP contribution in [-0.2, 0) is 14.3 Å². The van der Waals surface area contributed by atoms with E-state index in [4.69, 9.17) is 9.84 Å². The highest BCUT2D eigenvalue weighted by atomic mass is 16.5. The number of nitrogens with one attached hydrogen (secondary N) is 2. The first kappa shape index (κ1) is 17.8. The van der Waals surface area contributed by atoms with Gasteiger partial charge in [-0.05, 0) is 6.42 Å². The summed E-state index contributed by atoms with van der Waals surface area (Å²) < 4.78 is 4.83. The molecule has 0 aliphatic rings. The summed E-state index contributed by atoms with van der Waals surface area (Å²) in [5.74, 6) is -1.01. The molecule has 0 fully saturated rings. The summed E-state index contributed by atoms with van der Waals surface area (Å²) in [7, 11) is 1.58. The van der Waals surface area contributed by atoms with E-state index >= 15 is 0 Å². The van der Waals surface area contributed by atoms with E-state index in [1.54, 1.807) is 21.0 Å². The highest BCUT2D eigenvalue weighted by Crippen LogP contribution is 2.19. The van der Waals surface area contributed by atoms with E-state index in [9.17, 15) is 14.7 Å². The van der Waals surface area contributed by atoms with E-state index < -0.39 is 17.4 Å². The van der Waals surface area contributed by atoms with Gasteiger partial charge >= 0.3 is 0 Å². The maximum Gasteiger partial charge on any atom is 0.249 e. The number of hydrogen-bond acceptors (Lipinski definition) is 5. The molecule has 0 heterocycles. The molecule has 19 heavy (non-hydrogen) atoms. The highest BCUT2D eigenvalue weighted by molar-refractivity contribution is 5.87. The molecule has 112 valence electrons. The molecule has 0 aliphatic carbocycles. The molecule has 2 amide bonds. The largest absolute Gasteiger partial charge is 0.396 e. The fraction of sp³-hybridized carbons (Fsp3) is 0.833.